The highest BCUT2D eigenvalue weighted by Gasteiger charge is 2.80. The Balaban J connectivity index is 1.91. The third kappa shape index (κ3) is 3.44. The maximum absolute atomic E-state index is 10.6. The first-order chi connectivity index (χ1) is 16.5. The number of ether oxygens (including phenoxy) is 3. The second kappa shape index (κ2) is 9.65. The van der Waals surface area contributed by atoms with Crippen LogP contribution in [0.15, 0.2) is 24.3 Å². The van der Waals surface area contributed by atoms with Crippen molar-refractivity contribution in [1.82, 2.24) is 0 Å². The fourth-order valence-corrected chi connectivity index (χ4v) is 6.18. The lowest BCUT2D eigenvalue weighted by molar-refractivity contribution is -0.288. The molecule has 0 aromatic heterocycles. The summed E-state index contributed by atoms with van der Waals surface area (Å²) < 4.78 is 18.7. The van der Waals surface area contributed by atoms with Crippen LogP contribution in [-0.2, 0) is 9.47 Å². The van der Waals surface area contributed by atoms with Crippen LogP contribution in [0.25, 0.3) is 0 Å². The predicted octanol–water partition coefficient (Wildman–Crippen LogP) is 5.93. The molecule has 1 aliphatic carbocycles. The third-order valence-electron chi connectivity index (χ3n) is 7.82. The highest BCUT2D eigenvalue weighted by Crippen LogP contribution is 2.69. The first kappa shape index (κ1) is 24.1. The van der Waals surface area contributed by atoms with E-state index in [2.05, 4.69) is 18.2 Å². The van der Waals surface area contributed by atoms with Crippen LogP contribution >= 0.6 is 0 Å². The monoisotopic (exact) mass is 460 g/mol. The molecule has 1 N–H and O–H groups in total. The summed E-state index contributed by atoms with van der Waals surface area (Å²) in [6.07, 6.45) is 8.32. The van der Waals surface area contributed by atoms with E-state index in [4.69, 9.17) is 19.6 Å². The molecule has 2 aliphatic heterocycles. The van der Waals surface area contributed by atoms with E-state index in [9.17, 15) is 15.8 Å². The van der Waals surface area contributed by atoms with Crippen LogP contribution in [0.1, 0.15) is 82.8 Å². The van der Waals surface area contributed by atoms with Gasteiger partial charge in [0.2, 0.25) is 17.1 Å². The van der Waals surface area contributed by atoms with E-state index in [1.807, 2.05) is 13.0 Å². The van der Waals surface area contributed by atoms with E-state index in [1.165, 1.54) is 12.8 Å². The van der Waals surface area contributed by atoms with Crippen LogP contribution in [0, 0.1) is 56.2 Å². The molecule has 7 nitrogen and oxygen atoms in total. The molecule has 7 heteroatoms. The molecule has 0 amide bonds. The number of hydrogen-bond acceptors (Lipinski definition) is 7. The van der Waals surface area contributed by atoms with Crippen molar-refractivity contribution in [3.63, 3.8) is 0 Å². The molecule has 178 valence electrons. The van der Waals surface area contributed by atoms with Gasteiger partial charge in [0, 0.05) is 12.0 Å². The number of nitrogens with one attached hydrogen (secondary N) is 1. The van der Waals surface area contributed by atoms with Crippen molar-refractivity contribution < 1.29 is 14.2 Å². The number of hydrogen-bond donors (Lipinski definition) is 1. The van der Waals surface area contributed by atoms with E-state index in [0.717, 1.165) is 38.5 Å². The van der Waals surface area contributed by atoms with Gasteiger partial charge >= 0.3 is 0 Å². The average Bonchev–Trinajstić information content (AvgIpc) is 3.02. The van der Waals surface area contributed by atoms with E-state index in [-0.39, 0.29) is 5.90 Å². The van der Waals surface area contributed by atoms with Gasteiger partial charge in [-0.2, -0.15) is 15.8 Å². The van der Waals surface area contributed by atoms with Crippen LogP contribution in [0.3, 0.4) is 0 Å². The second-order valence-electron chi connectivity index (χ2n) is 9.58. The van der Waals surface area contributed by atoms with Gasteiger partial charge in [0.1, 0.15) is 11.9 Å². The lowest BCUT2D eigenvalue weighted by atomic mass is 9.52. The number of nitrogens with zero attached hydrogens (tertiary/aromatic N) is 3. The molecule has 3 aliphatic rings. The van der Waals surface area contributed by atoms with Gasteiger partial charge in [-0.05, 0) is 25.8 Å². The summed E-state index contributed by atoms with van der Waals surface area (Å²) in [5.41, 5.74) is -3.13. The van der Waals surface area contributed by atoms with Crippen molar-refractivity contribution in [2.75, 3.05) is 6.61 Å². The molecular formula is C27H32N4O3. The van der Waals surface area contributed by atoms with E-state index >= 15 is 0 Å². The maximum Gasteiger partial charge on any atom is 0.217 e. The SMILES string of the molecule is CCOc1ccccc1C1OC23CCCCCCCCCCC2C(C#N)(C(=N)O3)C1(C#N)C#N. The van der Waals surface area contributed by atoms with Gasteiger partial charge in [-0.25, -0.2) is 0 Å². The topological polar surface area (TPSA) is 123 Å². The molecule has 3 fully saturated rings. The zero-order chi connectivity index (χ0) is 24.2. The van der Waals surface area contributed by atoms with Crippen LogP contribution < -0.4 is 4.74 Å². The number of rotatable bonds is 3. The van der Waals surface area contributed by atoms with Gasteiger partial charge in [0.05, 0.1) is 30.7 Å². The number of para-hydroxylation sites is 1. The van der Waals surface area contributed by atoms with Crippen molar-refractivity contribution in [1.29, 1.82) is 21.2 Å². The van der Waals surface area contributed by atoms with Crippen LogP contribution in [0.4, 0.5) is 0 Å². The summed E-state index contributed by atoms with van der Waals surface area (Å²) in [5.74, 6) is -1.58. The molecule has 4 rings (SSSR count). The van der Waals surface area contributed by atoms with Crippen LogP contribution in [0.2, 0.25) is 0 Å². The first-order valence-corrected chi connectivity index (χ1v) is 12.5. The fraction of sp³-hybridized carbons (Fsp3) is 0.630. The Morgan fingerprint density at radius 2 is 1.62 bits per heavy atom. The molecule has 2 heterocycles. The molecule has 4 atom stereocenters. The van der Waals surface area contributed by atoms with Gasteiger partial charge in [0.15, 0.2) is 5.41 Å². The summed E-state index contributed by atoms with van der Waals surface area (Å²) in [6, 6.07) is 13.8. The molecule has 2 saturated heterocycles. The minimum Gasteiger partial charge on any atom is -0.493 e. The largest absolute Gasteiger partial charge is 0.493 e. The molecule has 1 aromatic carbocycles. The Hall–Kier alpha value is -3.08. The van der Waals surface area contributed by atoms with Gasteiger partial charge in [0.25, 0.3) is 0 Å². The highest BCUT2D eigenvalue weighted by molar-refractivity contribution is 5.89. The van der Waals surface area contributed by atoms with Crippen molar-refractivity contribution >= 4 is 5.90 Å². The predicted molar refractivity (Wildman–Crippen MR) is 124 cm³/mol. The van der Waals surface area contributed by atoms with Crippen LogP contribution in [-0.4, -0.2) is 18.3 Å². The molecular weight excluding hydrogens is 428 g/mol. The molecule has 1 saturated carbocycles. The third-order valence-corrected chi connectivity index (χ3v) is 7.82. The van der Waals surface area contributed by atoms with Gasteiger partial charge in [-0.3, -0.25) is 5.41 Å². The van der Waals surface area contributed by atoms with Gasteiger partial charge < -0.3 is 14.2 Å². The van der Waals surface area contributed by atoms with Gasteiger partial charge in [-0.15, -0.1) is 0 Å². The van der Waals surface area contributed by atoms with Crippen LogP contribution in [0.5, 0.6) is 5.75 Å². The molecule has 0 spiro atoms. The zero-order valence-electron chi connectivity index (χ0n) is 19.8. The van der Waals surface area contributed by atoms with Crippen molar-refractivity contribution in [3.05, 3.63) is 29.8 Å². The Morgan fingerprint density at radius 1 is 0.971 bits per heavy atom. The molecule has 2 bridgehead atoms. The first-order valence-electron chi connectivity index (χ1n) is 12.5. The zero-order valence-corrected chi connectivity index (χ0v) is 19.8. The number of benzene rings is 1. The summed E-state index contributed by atoms with van der Waals surface area (Å²) >= 11 is 0. The Morgan fingerprint density at radius 3 is 2.26 bits per heavy atom. The normalized spacial score (nSPS) is 32.9. The fourth-order valence-electron chi connectivity index (χ4n) is 6.18. The van der Waals surface area contributed by atoms with E-state index in [0.29, 0.717) is 30.8 Å². The standard InChI is InChI=1S/C27H32N4O3/c1-2-32-21-14-11-10-13-20(21)23-25(17-28,18-29)26(19-30)22-15-9-7-5-3-4-6-8-12-16-27(22,33-23)34-24(26)31/h10-11,13-14,22-23,31H,2-9,12,15-16H2,1H3. The smallest absolute Gasteiger partial charge is 0.217 e. The Kier molecular flexibility index (Phi) is 6.83. The van der Waals surface area contributed by atoms with Crippen molar-refractivity contribution in [2.24, 2.45) is 16.7 Å². The van der Waals surface area contributed by atoms with Crippen molar-refractivity contribution in [3.8, 4) is 24.0 Å². The lowest BCUT2D eigenvalue weighted by Crippen LogP contribution is -2.59. The summed E-state index contributed by atoms with van der Waals surface area (Å²) in [7, 11) is 0. The molecule has 4 unspecified atom stereocenters. The minimum atomic E-state index is -1.95. The van der Waals surface area contributed by atoms with E-state index in [1.54, 1.807) is 18.2 Å². The maximum atomic E-state index is 10.6. The molecule has 1 aromatic rings. The average molecular weight is 461 g/mol. The molecule has 0 radical (unpaired) electrons. The summed E-state index contributed by atoms with van der Waals surface area (Å²) in [4.78, 5) is 0. The quantitative estimate of drug-likeness (QED) is 0.596. The highest BCUT2D eigenvalue weighted by atomic mass is 16.7. The van der Waals surface area contributed by atoms with E-state index < -0.39 is 28.6 Å². The lowest BCUT2D eigenvalue weighted by Gasteiger charge is -2.50. The Bertz CT molecular complexity index is 1040. The van der Waals surface area contributed by atoms with Gasteiger partial charge in [-0.1, -0.05) is 63.1 Å². The summed E-state index contributed by atoms with van der Waals surface area (Å²) in [6.45, 7) is 2.26. The number of nitriles is 3. The minimum absolute atomic E-state index is 0.311. The second-order valence-corrected chi connectivity index (χ2v) is 9.58. The summed E-state index contributed by atoms with van der Waals surface area (Å²) in [5, 5.41) is 40.5. The van der Waals surface area contributed by atoms with Crippen molar-refractivity contribution in [2.45, 2.75) is 83.0 Å². The Labute approximate surface area is 201 Å². The molecule has 34 heavy (non-hydrogen) atoms.